The summed E-state index contributed by atoms with van der Waals surface area (Å²) < 4.78 is 1.68. The van der Waals surface area contributed by atoms with E-state index in [1.807, 2.05) is 36.5 Å². The molecular weight excluding hydrogens is 240 g/mol. The molecule has 0 amide bonds. The highest BCUT2D eigenvalue weighted by Crippen LogP contribution is 2.21. The number of aryl methyl sites for hydroxylation is 1. The van der Waals surface area contributed by atoms with E-state index in [1.54, 1.807) is 11.6 Å². The summed E-state index contributed by atoms with van der Waals surface area (Å²) in [5.74, 6) is 0. The topological polar surface area (TPSA) is 77.0 Å². The average molecular weight is 260 g/mol. The van der Waals surface area contributed by atoms with Gasteiger partial charge in [0.2, 0.25) is 0 Å². The van der Waals surface area contributed by atoms with E-state index >= 15 is 0 Å². The van der Waals surface area contributed by atoms with Crippen LogP contribution >= 0.6 is 0 Å². The number of hydrogen-bond donors (Lipinski definition) is 2. The number of hydrogen-bond acceptors (Lipinski definition) is 4. The van der Waals surface area contributed by atoms with E-state index in [0.717, 1.165) is 24.1 Å². The van der Waals surface area contributed by atoms with Gasteiger partial charge in [-0.05, 0) is 31.9 Å². The van der Waals surface area contributed by atoms with Gasteiger partial charge in [-0.25, -0.2) is 4.68 Å². The molecular formula is C14H20N4O. The van der Waals surface area contributed by atoms with Crippen LogP contribution in [0, 0.1) is 0 Å². The Morgan fingerprint density at radius 3 is 2.74 bits per heavy atom. The van der Waals surface area contributed by atoms with Gasteiger partial charge in [0.1, 0.15) is 5.60 Å². The minimum Gasteiger partial charge on any atom is -0.384 e. The van der Waals surface area contributed by atoms with Gasteiger partial charge in [0.25, 0.3) is 0 Å². The first kappa shape index (κ1) is 13.7. The maximum Gasteiger partial charge on any atom is 0.106 e. The Morgan fingerprint density at radius 2 is 2.05 bits per heavy atom. The van der Waals surface area contributed by atoms with Crippen molar-refractivity contribution in [2.24, 2.45) is 5.73 Å². The average Bonchev–Trinajstić information content (AvgIpc) is 2.84. The molecule has 5 nitrogen and oxygen atoms in total. The van der Waals surface area contributed by atoms with E-state index in [1.165, 1.54) is 0 Å². The smallest absolute Gasteiger partial charge is 0.106 e. The maximum absolute atomic E-state index is 10.5. The summed E-state index contributed by atoms with van der Waals surface area (Å²) in [6, 6.07) is 9.58. The van der Waals surface area contributed by atoms with Gasteiger partial charge in [-0.1, -0.05) is 35.5 Å². The van der Waals surface area contributed by atoms with Gasteiger partial charge in [-0.15, -0.1) is 5.10 Å². The van der Waals surface area contributed by atoms with E-state index in [0.29, 0.717) is 13.1 Å². The van der Waals surface area contributed by atoms with Crippen LogP contribution in [0.25, 0.3) is 0 Å². The summed E-state index contributed by atoms with van der Waals surface area (Å²) in [7, 11) is 0. The molecule has 0 bridgehead atoms. The molecule has 2 rings (SSSR count). The summed E-state index contributed by atoms with van der Waals surface area (Å²) in [6.07, 6.45) is 3.59. The van der Waals surface area contributed by atoms with Crippen LogP contribution in [0.1, 0.15) is 24.6 Å². The van der Waals surface area contributed by atoms with Crippen LogP contribution in [-0.4, -0.2) is 26.6 Å². The van der Waals surface area contributed by atoms with Crippen molar-refractivity contribution in [3.8, 4) is 0 Å². The molecule has 102 valence electrons. The zero-order valence-electron chi connectivity index (χ0n) is 11.2. The second-order valence-electron chi connectivity index (χ2n) is 4.94. The van der Waals surface area contributed by atoms with E-state index in [-0.39, 0.29) is 0 Å². The molecule has 0 fully saturated rings. The first-order chi connectivity index (χ1) is 9.12. The van der Waals surface area contributed by atoms with E-state index < -0.39 is 5.60 Å². The Hall–Kier alpha value is -1.72. The zero-order valence-corrected chi connectivity index (χ0v) is 11.2. The third-order valence-electron chi connectivity index (χ3n) is 3.09. The number of aliphatic hydroxyl groups is 1. The van der Waals surface area contributed by atoms with Gasteiger partial charge < -0.3 is 10.8 Å². The fourth-order valence-corrected chi connectivity index (χ4v) is 2.02. The lowest BCUT2D eigenvalue weighted by molar-refractivity contribution is 0.0341. The number of nitrogens with two attached hydrogens (primary N) is 1. The number of nitrogens with zero attached hydrogens (tertiary/aromatic N) is 3. The van der Waals surface area contributed by atoms with Crippen molar-refractivity contribution < 1.29 is 5.11 Å². The molecule has 1 unspecified atom stereocenters. The van der Waals surface area contributed by atoms with Crippen molar-refractivity contribution in [2.75, 3.05) is 6.54 Å². The Kier molecular flexibility index (Phi) is 4.29. The minimum atomic E-state index is -0.958. The lowest BCUT2D eigenvalue weighted by Gasteiger charge is -2.23. The molecule has 19 heavy (non-hydrogen) atoms. The fraction of sp³-hybridized carbons (Fsp3) is 0.429. The summed E-state index contributed by atoms with van der Waals surface area (Å²) >= 11 is 0. The highest BCUT2D eigenvalue weighted by atomic mass is 16.3. The Labute approximate surface area is 113 Å². The minimum absolute atomic E-state index is 0.382. The summed E-state index contributed by atoms with van der Waals surface area (Å²) in [4.78, 5) is 0. The second-order valence-corrected chi connectivity index (χ2v) is 4.94. The molecule has 1 aromatic carbocycles. The molecule has 0 radical (unpaired) electrons. The lowest BCUT2D eigenvalue weighted by atomic mass is 9.96. The predicted octanol–water partition coefficient (Wildman–Crippen LogP) is 1.08. The first-order valence-corrected chi connectivity index (χ1v) is 6.49. The SMILES string of the molecule is CC(O)(Cn1cc(CCCN)nn1)c1ccccc1. The van der Waals surface area contributed by atoms with Gasteiger partial charge in [0, 0.05) is 6.20 Å². The van der Waals surface area contributed by atoms with Gasteiger partial charge in [0.05, 0.1) is 12.2 Å². The molecule has 0 saturated heterocycles. The van der Waals surface area contributed by atoms with E-state index in [2.05, 4.69) is 10.3 Å². The van der Waals surface area contributed by atoms with Crippen LogP contribution in [0.15, 0.2) is 36.5 Å². The Morgan fingerprint density at radius 1 is 1.32 bits per heavy atom. The van der Waals surface area contributed by atoms with E-state index in [9.17, 15) is 5.11 Å². The molecule has 0 spiro atoms. The molecule has 3 N–H and O–H groups in total. The summed E-state index contributed by atoms with van der Waals surface area (Å²) in [5, 5.41) is 18.6. The molecule has 2 aromatic rings. The summed E-state index contributed by atoms with van der Waals surface area (Å²) in [5.41, 5.74) is 6.29. The predicted molar refractivity (Wildman–Crippen MR) is 73.4 cm³/mol. The van der Waals surface area contributed by atoms with Crippen LogP contribution in [0.4, 0.5) is 0 Å². The Balaban J connectivity index is 2.05. The molecule has 5 heteroatoms. The van der Waals surface area contributed by atoms with Gasteiger partial charge in [-0.3, -0.25) is 0 Å². The standard InChI is InChI=1S/C14H20N4O/c1-14(19,12-6-3-2-4-7-12)11-18-10-13(16-17-18)8-5-9-15/h2-4,6-7,10,19H,5,8-9,11,15H2,1H3. The number of aromatic nitrogens is 3. The molecule has 0 aliphatic heterocycles. The highest BCUT2D eigenvalue weighted by Gasteiger charge is 2.24. The van der Waals surface area contributed by atoms with Gasteiger partial charge in [0.15, 0.2) is 0 Å². The normalized spacial score (nSPS) is 14.3. The van der Waals surface area contributed by atoms with Crippen molar-refractivity contribution in [1.29, 1.82) is 0 Å². The van der Waals surface area contributed by atoms with Crippen molar-refractivity contribution in [2.45, 2.75) is 31.9 Å². The molecule has 0 aliphatic rings. The molecule has 1 atom stereocenters. The van der Waals surface area contributed by atoms with Gasteiger partial charge >= 0.3 is 0 Å². The molecule has 0 aliphatic carbocycles. The van der Waals surface area contributed by atoms with Crippen molar-refractivity contribution in [3.63, 3.8) is 0 Å². The molecule has 1 heterocycles. The number of benzene rings is 1. The second kappa shape index (κ2) is 5.95. The van der Waals surface area contributed by atoms with Crippen LogP contribution in [0.5, 0.6) is 0 Å². The van der Waals surface area contributed by atoms with Crippen LogP contribution in [-0.2, 0) is 18.6 Å². The van der Waals surface area contributed by atoms with Crippen LogP contribution in [0.2, 0.25) is 0 Å². The highest BCUT2D eigenvalue weighted by molar-refractivity contribution is 5.21. The number of rotatable bonds is 6. The molecule has 0 saturated carbocycles. The summed E-state index contributed by atoms with van der Waals surface area (Å²) in [6.45, 7) is 2.81. The van der Waals surface area contributed by atoms with Crippen LogP contribution < -0.4 is 5.73 Å². The first-order valence-electron chi connectivity index (χ1n) is 6.49. The van der Waals surface area contributed by atoms with E-state index in [4.69, 9.17) is 5.73 Å². The lowest BCUT2D eigenvalue weighted by Crippen LogP contribution is -2.28. The zero-order chi connectivity index (χ0) is 13.7. The third-order valence-corrected chi connectivity index (χ3v) is 3.09. The van der Waals surface area contributed by atoms with Gasteiger partial charge in [-0.2, -0.15) is 0 Å². The quantitative estimate of drug-likeness (QED) is 0.814. The Bertz CT molecular complexity index is 507. The van der Waals surface area contributed by atoms with Crippen LogP contribution in [0.3, 0.4) is 0 Å². The molecule has 1 aromatic heterocycles. The fourth-order valence-electron chi connectivity index (χ4n) is 2.02. The monoisotopic (exact) mass is 260 g/mol. The third kappa shape index (κ3) is 3.62. The van der Waals surface area contributed by atoms with Crippen molar-refractivity contribution >= 4 is 0 Å². The van der Waals surface area contributed by atoms with Crippen molar-refractivity contribution in [3.05, 3.63) is 47.8 Å². The largest absolute Gasteiger partial charge is 0.384 e. The maximum atomic E-state index is 10.5. The van der Waals surface area contributed by atoms with Crippen molar-refractivity contribution in [1.82, 2.24) is 15.0 Å².